The van der Waals surface area contributed by atoms with Crippen molar-refractivity contribution in [3.8, 4) is 0 Å². The number of rotatable bonds is 2. The molecular weight excluding hydrogens is 208 g/mol. The van der Waals surface area contributed by atoms with Gasteiger partial charge in [0.15, 0.2) is 11.5 Å². The van der Waals surface area contributed by atoms with Gasteiger partial charge in [0.2, 0.25) is 9.84 Å². The van der Waals surface area contributed by atoms with Crippen LogP contribution in [0.3, 0.4) is 0 Å². The van der Waals surface area contributed by atoms with Crippen molar-refractivity contribution in [2.75, 3.05) is 5.73 Å². The van der Waals surface area contributed by atoms with Gasteiger partial charge in [-0.3, -0.25) is 4.79 Å². The molecule has 1 heterocycles. The number of anilines is 1. The zero-order valence-electron chi connectivity index (χ0n) is 7.68. The number of carbonyl (C=O) groups excluding carboxylic acids is 1. The Morgan fingerprint density at radius 1 is 1.43 bits per heavy atom. The molecule has 1 rings (SSSR count). The van der Waals surface area contributed by atoms with Crippen LogP contribution in [0.1, 0.15) is 24.3 Å². The Labute approximate surface area is 80.6 Å². The summed E-state index contributed by atoms with van der Waals surface area (Å²) in [5.74, 6) is -0.209. The third-order valence-corrected chi connectivity index (χ3v) is 3.60. The van der Waals surface area contributed by atoms with Gasteiger partial charge in [0.1, 0.15) is 0 Å². The van der Waals surface area contributed by atoms with Crippen LogP contribution in [0.4, 0.5) is 5.82 Å². The molecule has 78 valence electrons. The van der Waals surface area contributed by atoms with Crippen LogP contribution in [0.5, 0.6) is 0 Å². The Bertz CT molecular complexity index is 447. The highest BCUT2D eigenvalue weighted by Crippen LogP contribution is 2.12. The minimum atomic E-state index is -3.86. The van der Waals surface area contributed by atoms with E-state index in [-0.39, 0.29) is 11.5 Å². The molecule has 0 bridgehead atoms. The van der Waals surface area contributed by atoms with Crippen molar-refractivity contribution >= 4 is 20.8 Å². The Balaban J connectivity index is 3.16. The maximum absolute atomic E-state index is 11.4. The van der Waals surface area contributed by atoms with E-state index in [1.165, 1.54) is 13.8 Å². The van der Waals surface area contributed by atoms with E-state index in [4.69, 9.17) is 5.73 Å². The van der Waals surface area contributed by atoms with Crippen molar-refractivity contribution in [2.24, 2.45) is 0 Å². The normalized spacial score (nSPS) is 11.9. The van der Waals surface area contributed by atoms with Crippen LogP contribution in [0, 0.1) is 0 Å². The van der Waals surface area contributed by atoms with Gasteiger partial charge in [-0.2, -0.15) is 5.21 Å². The molecule has 14 heavy (non-hydrogen) atoms. The number of hydrogen-bond donors (Lipinski definition) is 2. The number of nitrogens with two attached hydrogens (primary N) is 1. The fourth-order valence-electron chi connectivity index (χ4n) is 0.738. The molecule has 1 aromatic heterocycles. The van der Waals surface area contributed by atoms with Crippen molar-refractivity contribution < 1.29 is 13.2 Å². The highest BCUT2D eigenvalue weighted by atomic mass is 32.2. The first-order valence-electron chi connectivity index (χ1n) is 3.82. The average molecular weight is 218 g/mol. The lowest BCUT2D eigenvalue weighted by molar-refractivity contribution is 0.107. The molecule has 1 aromatic rings. The molecule has 0 amide bonds. The third kappa shape index (κ3) is 1.60. The minimum absolute atomic E-state index is 0.209. The van der Waals surface area contributed by atoms with Crippen LogP contribution in [-0.4, -0.2) is 34.2 Å². The highest BCUT2D eigenvalue weighted by Gasteiger charge is 2.31. The van der Waals surface area contributed by atoms with Gasteiger partial charge in [-0.15, -0.1) is 10.2 Å². The second-order valence-corrected chi connectivity index (χ2v) is 5.34. The molecule has 0 unspecified atom stereocenters. The van der Waals surface area contributed by atoms with Gasteiger partial charge in [0.25, 0.3) is 0 Å². The monoisotopic (exact) mass is 218 g/mol. The van der Waals surface area contributed by atoms with Crippen LogP contribution >= 0.6 is 0 Å². The topological polar surface area (TPSA) is 119 Å². The van der Waals surface area contributed by atoms with E-state index < -0.39 is 20.2 Å². The minimum Gasteiger partial charge on any atom is -0.380 e. The van der Waals surface area contributed by atoms with E-state index in [1.807, 2.05) is 0 Å². The van der Waals surface area contributed by atoms with Gasteiger partial charge in [0, 0.05) is 0 Å². The van der Waals surface area contributed by atoms with E-state index in [1.54, 1.807) is 0 Å². The van der Waals surface area contributed by atoms with Crippen LogP contribution in [0.25, 0.3) is 0 Å². The number of hydrogen-bond acceptors (Lipinski definition) is 6. The first-order valence-corrected chi connectivity index (χ1v) is 5.36. The maximum atomic E-state index is 11.4. The van der Waals surface area contributed by atoms with Gasteiger partial charge in [0.05, 0.1) is 5.25 Å². The predicted molar refractivity (Wildman–Crippen MR) is 49.2 cm³/mol. The summed E-state index contributed by atoms with van der Waals surface area (Å²) < 4.78 is 22.8. The van der Waals surface area contributed by atoms with Crippen molar-refractivity contribution in [3.63, 3.8) is 0 Å². The SMILES string of the molecule is CC(C)S(=O)(=O)C(=O)c1n[nH]nc1N. The summed E-state index contributed by atoms with van der Waals surface area (Å²) in [6.45, 7) is 2.81. The molecule has 0 aromatic carbocycles. The molecular formula is C6H10N4O3S. The lowest BCUT2D eigenvalue weighted by Gasteiger charge is -2.03. The number of aromatic nitrogens is 3. The Kier molecular flexibility index (Phi) is 2.56. The van der Waals surface area contributed by atoms with Crippen LogP contribution < -0.4 is 5.73 Å². The van der Waals surface area contributed by atoms with Crippen molar-refractivity contribution in [1.29, 1.82) is 0 Å². The number of H-pyrrole nitrogens is 1. The molecule has 0 aliphatic rings. The number of sulfone groups is 1. The van der Waals surface area contributed by atoms with E-state index >= 15 is 0 Å². The molecule has 7 nitrogen and oxygen atoms in total. The Hall–Kier alpha value is -1.44. The van der Waals surface area contributed by atoms with E-state index in [2.05, 4.69) is 15.4 Å². The summed E-state index contributed by atoms with van der Waals surface area (Å²) in [5, 5.41) is 6.92. The molecule has 0 spiro atoms. The quantitative estimate of drug-likeness (QED) is 0.680. The molecule has 0 saturated heterocycles. The largest absolute Gasteiger partial charge is 0.380 e. The molecule has 0 radical (unpaired) electrons. The smallest absolute Gasteiger partial charge is 0.300 e. The molecule has 8 heteroatoms. The first kappa shape index (κ1) is 10.6. The van der Waals surface area contributed by atoms with Gasteiger partial charge in [-0.25, -0.2) is 8.42 Å². The molecule has 0 fully saturated rings. The van der Waals surface area contributed by atoms with E-state index in [0.717, 1.165) is 0 Å². The summed E-state index contributed by atoms with van der Waals surface area (Å²) in [6, 6.07) is 0. The number of nitrogens with zero attached hydrogens (tertiary/aromatic N) is 2. The zero-order valence-corrected chi connectivity index (χ0v) is 8.50. The third-order valence-electron chi connectivity index (χ3n) is 1.65. The van der Waals surface area contributed by atoms with Crippen molar-refractivity contribution in [1.82, 2.24) is 15.4 Å². The van der Waals surface area contributed by atoms with Crippen LogP contribution in [-0.2, 0) is 9.84 Å². The zero-order chi connectivity index (χ0) is 10.9. The van der Waals surface area contributed by atoms with Gasteiger partial charge >= 0.3 is 5.12 Å². The fraction of sp³-hybridized carbons (Fsp3) is 0.500. The van der Waals surface area contributed by atoms with E-state index in [0.29, 0.717) is 0 Å². The molecule has 0 atom stereocenters. The Morgan fingerprint density at radius 2 is 2.00 bits per heavy atom. The second-order valence-electron chi connectivity index (χ2n) is 2.94. The summed E-state index contributed by atoms with van der Waals surface area (Å²) in [5.41, 5.74) is 4.90. The first-order chi connectivity index (χ1) is 6.37. The summed E-state index contributed by atoms with van der Waals surface area (Å²) in [7, 11) is -3.86. The summed E-state index contributed by atoms with van der Waals surface area (Å²) >= 11 is 0. The van der Waals surface area contributed by atoms with Gasteiger partial charge in [-0.05, 0) is 13.8 Å². The predicted octanol–water partition coefficient (Wildman–Crippen LogP) is -0.650. The average Bonchev–Trinajstić information content (AvgIpc) is 2.49. The summed E-state index contributed by atoms with van der Waals surface area (Å²) in [6.07, 6.45) is 0. The van der Waals surface area contributed by atoms with Crippen LogP contribution in [0.15, 0.2) is 0 Å². The van der Waals surface area contributed by atoms with Crippen LogP contribution in [0.2, 0.25) is 0 Å². The molecule has 0 saturated carbocycles. The van der Waals surface area contributed by atoms with Gasteiger partial charge in [-0.1, -0.05) is 0 Å². The maximum Gasteiger partial charge on any atom is 0.300 e. The fourth-order valence-corrected chi connectivity index (χ4v) is 1.59. The highest BCUT2D eigenvalue weighted by molar-refractivity contribution is 8.07. The number of nitrogen functional groups attached to an aromatic ring is 1. The molecule has 3 N–H and O–H groups in total. The number of aromatic amines is 1. The number of carbonyl (C=O) groups is 1. The lowest BCUT2D eigenvalue weighted by Crippen LogP contribution is -2.24. The molecule has 0 aliphatic heterocycles. The molecule has 0 aliphatic carbocycles. The Morgan fingerprint density at radius 3 is 2.36 bits per heavy atom. The second kappa shape index (κ2) is 3.37. The lowest BCUT2D eigenvalue weighted by atomic mass is 10.5. The standard InChI is InChI=1S/C6H10N4O3S/c1-3(2)14(12,13)6(11)4-5(7)9-10-8-4/h3H,1-2H3,(H3,7,8,9,10). The van der Waals surface area contributed by atoms with E-state index in [9.17, 15) is 13.2 Å². The summed E-state index contributed by atoms with van der Waals surface area (Å²) in [4.78, 5) is 11.4. The number of nitrogens with one attached hydrogen (secondary N) is 1. The van der Waals surface area contributed by atoms with Crippen molar-refractivity contribution in [2.45, 2.75) is 19.1 Å². The van der Waals surface area contributed by atoms with Crippen molar-refractivity contribution in [3.05, 3.63) is 5.69 Å². The van der Waals surface area contributed by atoms with Gasteiger partial charge < -0.3 is 5.73 Å².